The van der Waals surface area contributed by atoms with Gasteiger partial charge in [0.05, 0.1) is 12.7 Å². The molecule has 1 aromatic carbocycles. The molecule has 2 aromatic rings. The van der Waals surface area contributed by atoms with Crippen LogP contribution >= 0.6 is 0 Å². The standard InChI is InChI=1S/C13H13FN2O5S/c1-7-12(8(2)21-15-7)22(18,19)16-13(17)10-6-9(14)4-5-11(10)20-3/h4-6H,1-3H3,(H,16,17). The quantitative estimate of drug-likeness (QED) is 0.914. The van der Waals surface area contributed by atoms with Crippen LogP contribution in [0.15, 0.2) is 27.6 Å². The Balaban J connectivity index is 2.39. The number of methoxy groups -OCH3 is 1. The lowest BCUT2D eigenvalue weighted by atomic mass is 10.2. The van der Waals surface area contributed by atoms with Crippen LogP contribution in [0.2, 0.25) is 0 Å². The minimum Gasteiger partial charge on any atom is -0.496 e. The van der Waals surface area contributed by atoms with E-state index in [4.69, 9.17) is 9.26 Å². The minimum atomic E-state index is -4.20. The topological polar surface area (TPSA) is 98.5 Å². The molecule has 0 saturated carbocycles. The van der Waals surface area contributed by atoms with Gasteiger partial charge >= 0.3 is 0 Å². The lowest BCUT2D eigenvalue weighted by molar-refractivity contribution is 0.0978. The Labute approximate surface area is 126 Å². The zero-order valence-electron chi connectivity index (χ0n) is 12.0. The van der Waals surface area contributed by atoms with E-state index in [1.54, 1.807) is 0 Å². The maximum Gasteiger partial charge on any atom is 0.269 e. The summed E-state index contributed by atoms with van der Waals surface area (Å²) in [6, 6.07) is 3.21. The van der Waals surface area contributed by atoms with Gasteiger partial charge in [-0.2, -0.15) is 0 Å². The highest BCUT2D eigenvalue weighted by molar-refractivity contribution is 7.90. The van der Waals surface area contributed by atoms with Gasteiger partial charge < -0.3 is 9.26 Å². The smallest absolute Gasteiger partial charge is 0.269 e. The molecule has 0 unspecified atom stereocenters. The van der Waals surface area contributed by atoms with Gasteiger partial charge in [-0.15, -0.1) is 0 Å². The average molecular weight is 328 g/mol. The van der Waals surface area contributed by atoms with Crippen molar-refractivity contribution in [3.05, 3.63) is 41.0 Å². The Morgan fingerprint density at radius 3 is 2.59 bits per heavy atom. The maximum absolute atomic E-state index is 13.3. The van der Waals surface area contributed by atoms with Crippen molar-refractivity contribution in [2.75, 3.05) is 7.11 Å². The number of amides is 1. The van der Waals surface area contributed by atoms with Crippen LogP contribution in [0.1, 0.15) is 21.8 Å². The van der Waals surface area contributed by atoms with E-state index in [2.05, 4.69) is 5.16 Å². The van der Waals surface area contributed by atoms with Crippen molar-refractivity contribution in [2.45, 2.75) is 18.7 Å². The summed E-state index contributed by atoms with van der Waals surface area (Å²) in [5.74, 6) is -1.62. The lowest BCUT2D eigenvalue weighted by Gasteiger charge is -2.09. The van der Waals surface area contributed by atoms with Crippen molar-refractivity contribution in [3.63, 3.8) is 0 Å². The molecule has 0 bridgehead atoms. The van der Waals surface area contributed by atoms with Crippen LogP contribution in [0, 0.1) is 19.7 Å². The van der Waals surface area contributed by atoms with Gasteiger partial charge in [-0.05, 0) is 32.0 Å². The van der Waals surface area contributed by atoms with E-state index in [9.17, 15) is 17.6 Å². The largest absolute Gasteiger partial charge is 0.496 e. The van der Waals surface area contributed by atoms with Gasteiger partial charge in [0.25, 0.3) is 15.9 Å². The highest BCUT2D eigenvalue weighted by Gasteiger charge is 2.27. The predicted molar refractivity (Wildman–Crippen MR) is 73.6 cm³/mol. The number of hydrogen-bond donors (Lipinski definition) is 1. The summed E-state index contributed by atoms with van der Waals surface area (Å²) in [4.78, 5) is 11.9. The van der Waals surface area contributed by atoms with Crippen LogP contribution in [-0.4, -0.2) is 26.6 Å². The molecule has 1 heterocycles. The molecule has 0 radical (unpaired) electrons. The molecular weight excluding hydrogens is 315 g/mol. The molecule has 22 heavy (non-hydrogen) atoms. The summed E-state index contributed by atoms with van der Waals surface area (Å²) in [5, 5.41) is 3.52. The molecule has 0 saturated heterocycles. The highest BCUT2D eigenvalue weighted by atomic mass is 32.2. The van der Waals surface area contributed by atoms with Crippen molar-refractivity contribution >= 4 is 15.9 Å². The number of sulfonamides is 1. The van der Waals surface area contributed by atoms with Gasteiger partial charge in [-0.1, -0.05) is 5.16 Å². The number of aromatic nitrogens is 1. The number of halogens is 1. The van der Waals surface area contributed by atoms with Crippen LogP contribution in [0.4, 0.5) is 4.39 Å². The molecule has 7 nitrogen and oxygen atoms in total. The van der Waals surface area contributed by atoms with E-state index >= 15 is 0 Å². The molecule has 0 spiro atoms. The van der Waals surface area contributed by atoms with E-state index in [0.29, 0.717) is 0 Å². The van der Waals surface area contributed by atoms with Crippen molar-refractivity contribution < 1.29 is 26.9 Å². The second-order valence-electron chi connectivity index (χ2n) is 4.43. The summed E-state index contributed by atoms with van der Waals surface area (Å²) in [6.07, 6.45) is 0. The maximum atomic E-state index is 13.3. The van der Waals surface area contributed by atoms with Gasteiger partial charge in [-0.3, -0.25) is 4.79 Å². The SMILES string of the molecule is COc1ccc(F)cc1C(=O)NS(=O)(=O)c1c(C)noc1C. The summed E-state index contributed by atoms with van der Waals surface area (Å²) in [5.41, 5.74) is -0.123. The first-order valence-corrected chi connectivity index (χ1v) is 7.58. The zero-order chi connectivity index (χ0) is 16.5. The van der Waals surface area contributed by atoms with Gasteiger partial charge in [0.15, 0.2) is 10.7 Å². The van der Waals surface area contributed by atoms with Crippen LogP contribution in [0.25, 0.3) is 0 Å². The third-order valence-corrected chi connectivity index (χ3v) is 4.44. The van der Waals surface area contributed by atoms with E-state index in [0.717, 1.165) is 12.1 Å². The molecule has 2 rings (SSSR count). The number of carbonyl (C=O) groups excluding carboxylic acids is 1. The van der Waals surface area contributed by atoms with Gasteiger partial charge in [-0.25, -0.2) is 17.5 Å². The first kappa shape index (κ1) is 16.0. The third-order valence-electron chi connectivity index (χ3n) is 2.87. The van der Waals surface area contributed by atoms with Crippen molar-refractivity contribution in [2.24, 2.45) is 0 Å². The molecule has 0 aliphatic rings. The predicted octanol–water partition coefficient (Wildman–Crippen LogP) is 1.56. The zero-order valence-corrected chi connectivity index (χ0v) is 12.8. The molecular formula is C13H13FN2O5S. The number of hydrogen-bond acceptors (Lipinski definition) is 6. The van der Waals surface area contributed by atoms with Crippen LogP contribution in [-0.2, 0) is 10.0 Å². The number of carbonyl (C=O) groups is 1. The molecule has 118 valence electrons. The van der Waals surface area contributed by atoms with E-state index < -0.39 is 21.7 Å². The average Bonchev–Trinajstić information content (AvgIpc) is 2.78. The fraction of sp³-hybridized carbons (Fsp3) is 0.231. The molecule has 1 N–H and O–H groups in total. The highest BCUT2D eigenvalue weighted by Crippen LogP contribution is 2.22. The number of ether oxygens (including phenoxy) is 1. The van der Waals surface area contributed by atoms with Gasteiger partial charge in [0.1, 0.15) is 17.3 Å². The molecule has 0 aliphatic carbocycles. The number of benzene rings is 1. The fourth-order valence-electron chi connectivity index (χ4n) is 1.94. The number of aryl methyl sites for hydroxylation is 2. The molecule has 1 aromatic heterocycles. The monoisotopic (exact) mass is 328 g/mol. The Morgan fingerprint density at radius 1 is 1.36 bits per heavy atom. The van der Waals surface area contributed by atoms with Crippen molar-refractivity contribution in [1.29, 1.82) is 0 Å². The molecule has 0 aliphatic heterocycles. The second-order valence-corrected chi connectivity index (χ2v) is 6.05. The fourth-order valence-corrected chi connectivity index (χ4v) is 3.24. The normalized spacial score (nSPS) is 11.3. The molecule has 0 fully saturated rings. The Bertz CT molecular complexity index is 809. The lowest BCUT2D eigenvalue weighted by Crippen LogP contribution is -2.31. The summed E-state index contributed by atoms with van der Waals surface area (Å²) in [6.45, 7) is 2.83. The summed E-state index contributed by atoms with van der Waals surface area (Å²) >= 11 is 0. The van der Waals surface area contributed by atoms with Crippen LogP contribution in [0.5, 0.6) is 5.75 Å². The van der Waals surface area contributed by atoms with Crippen molar-refractivity contribution in [1.82, 2.24) is 9.88 Å². The first-order chi connectivity index (χ1) is 10.3. The number of nitrogens with one attached hydrogen (secondary N) is 1. The van der Waals surface area contributed by atoms with E-state index in [-0.39, 0.29) is 27.7 Å². The van der Waals surface area contributed by atoms with E-state index in [1.165, 1.54) is 27.0 Å². The Hall–Kier alpha value is -2.42. The summed E-state index contributed by atoms with van der Waals surface area (Å²) < 4.78 is 49.3. The number of rotatable bonds is 4. The Kier molecular flexibility index (Phi) is 4.18. The van der Waals surface area contributed by atoms with Crippen molar-refractivity contribution in [3.8, 4) is 5.75 Å². The molecule has 9 heteroatoms. The Morgan fingerprint density at radius 2 is 2.05 bits per heavy atom. The minimum absolute atomic E-state index is 0.0454. The first-order valence-electron chi connectivity index (χ1n) is 6.10. The number of nitrogens with zero attached hydrogens (tertiary/aromatic N) is 1. The third kappa shape index (κ3) is 2.93. The summed E-state index contributed by atoms with van der Waals surface area (Å²) in [7, 11) is -2.91. The second kappa shape index (κ2) is 5.76. The van der Waals surface area contributed by atoms with Crippen LogP contribution in [0.3, 0.4) is 0 Å². The van der Waals surface area contributed by atoms with E-state index in [1.807, 2.05) is 4.72 Å². The van der Waals surface area contributed by atoms with Gasteiger partial charge in [0, 0.05) is 0 Å². The molecule has 0 atom stereocenters. The molecule has 1 amide bonds. The van der Waals surface area contributed by atoms with Crippen LogP contribution < -0.4 is 9.46 Å². The van der Waals surface area contributed by atoms with Gasteiger partial charge in [0.2, 0.25) is 0 Å².